The van der Waals surface area contributed by atoms with E-state index in [0.29, 0.717) is 23.8 Å². The number of nitrogens with zero attached hydrogens (tertiary/aromatic N) is 3. The lowest BCUT2D eigenvalue weighted by molar-refractivity contribution is 0.0857. The van der Waals surface area contributed by atoms with Crippen LogP contribution in [-0.4, -0.2) is 48.2 Å². The lowest BCUT2D eigenvalue weighted by atomic mass is 10.1. The van der Waals surface area contributed by atoms with Crippen LogP contribution in [0.3, 0.4) is 0 Å². The molecule has 7 heteroatoms. The van der Waals surface area contributed by atoms with Gasteiger partial charge in [0.2, 0.25) is 0 Å². The van der Waals surface area contributed by atoms with E-state index in [-0.39, 0.29) is 12.0 Å². The summed E-state index contributed by atoms with van der Waals surface area (Å²) in [4.78, 5) is 24.3. The Bertz CT molecular complexity index is 864. The minimum absolute atomic E-state index is 0.0516. The maximum atomic E-state index is 12.5. The zero-order valence-electron chi connectivity index (χ0n) is 19.1. The molecule has 0 radical (unpaired) electrons. The molecule has 2 heterocycles. The number of amides is 1. The Morgan fingerprint density at radius 1 is 1.26 bits per heavy atom. The van der Waals surface area contributed by atoms with Gasteiger partial charge >= 0.3 is 0 Å². The van der Waals surface area contributed by atoms with Crippen LogP contribution >= 0.6 is 11.8 Å². The van der Waals surface area contributed by atoms with Crippen LogP contribution in [0.1, 0.15) is 68.1 Å². The molecule has 2 aromatic rings. The van der Waals surface area contributed by atoms with Gasteiger partial charge < -0.3 is 15.0 Å². The van der Waals surface area contributed by atoms with Crippen LogP contribution in [0.4, 0.5) is 5.82 Å². The Kier molecular flexibility index (Phi) is 8.72. The molecular weight excluding hydrogens is 408 g/mol. The van der Waals surface area contributed by atoms with Gasteiger partial charge in [-0.05, 0) is 50.3 Å². The number of nitrogens with one attached hydrogen (secondary N) is 1. The number of hydrogen-bond donors (Lipinski definition) is 1. The molecule has 31 heavy (non-hydrogen) atoms. The molecule has 1 atom stereocenters. The fourth-order valence-electron chi connectivity index (χ4n) is 3.56. The van der Waals surface area contributed by atoms with Gasteiger partial charge in [0.25, 0.3) is 5.91 Å². The number of carbonyl (C=O) groups excluding carboxylic acids is 1. The Labute approximate surface area is 190 Å². The molecule has 168 valence electrons. The Morgan fingerprint density at radius 3 is 2.74 bits per heavy atom. The van der Waals surface area contributed by atoms with E-state index in [9.17, 15) is 4.79 Å². The summed E-state index contributed by atoms with van der Waals surface area (Å²) in [5.74, 6) is 1.98. The maximum absolute atomic E-state index is 12.5. The van der Waals surface area contributed by atoms with Crippen LogP contribution in [0.25, 0.3) is 0 Å². The molecule has 0 spiro atoms. The van der Waals surface area contributed by atoms with Gasteiger partial charge in [-0.2, -0.15) is 0 Å². The molecule has 1 unspecified atom stereocenters. The van der Waals surface area contributed by atoms with E-state index in [1.165, 1.54) is 0 Å². The second-order valence-electron chi connectivity index (χ2n) is 8.09. The second kappa shape index (κ2) is 11.5. The van der Waals surface area contributed by atoms with E-state index in [2.05, 4.69) is 44.0 Å². The Balaban J connectivity index is 1.66. The molecule has 3 rings (SSSR count). The highest BCUT2D eigenvalue weighted by Crippen LogP contribution is 2.26. The minimum atomic E-state index is -0.0516. The number of benzene rings is 1. The first-order valence-electron chi connectivity index (χ1n) is 11.3. The molecule has 1 aromatic carbocycles. The number of hydrogen-bond acceptors (Lipinski definition) is 6. The summed E-state index contributed by atoms with van der Waals surface area (Å²) in [5.41, 5.74) is 2.82. The van der Waals surface area contributed by atoms with Crippen molar-refractivity contribution in [1.29, 1.82) is 0 Å². The van der Waals surface area contributed by atoms with E-state index < -0.39 is 0 Å². The van der Waals surface area contributed by atoms with Gasteiger partial charge in [-0.25, -0.2) is 9.97 Å². The molecule has 1 fully saturated rings. The predicted octanol–water partition coefficient (Wildman–Crippen LogP) is 4.65. The van der Waals surface area contributed by atoms with Crippen molar-refractivity contribution < 1.29 is 9.53 Å². The zero-order valence-corrected chi connectivity index (χ0v) is 19.9. The highest BCUT2D eigenvalue weighted by atomic mass is 32.2. The first-order chi connectivity index (χ1) is 15.0. The van der Waals surface area contributed by atoms with Crippen LogP contribution in [0.2, 0.25) is 0 Å². The molecular formula is C24H34N4O2S. The maximum Gasteiger partial charge on any atom is 0.251 e. The van der Waals surface area contributed by atoms with Gasteiger partial charge in [0.1, 0.15) is 5.82 Å². The molecule has 0 bridgehead atoms. The summed E-state index contributed by atoms with van der Waals surface area (Å²) < 4.78 is 5.58. The molecule has 1 N–H and O–H groups in total. The van der Waals surface area contributed by atoms with Crippen molar-refractivity contribution in [3.63, 3.8) is 0 Å². The van der Waals surface area contributed by atoms with E-state index in [1.807, 2.05) is 24.3 Å². The first-order valence-corrected chi connectivity index (χ1v) is 12.2. The van der Waals surface area contributed by atoms with Crippen LogP contribution in [0.5, 0.6) is 0 Å². The summed E-state index contributed by atoms with van der Waals surface area (Å²) in [5, 5.41) is 3.77. The van der Waals surface area contributed by atoms with Gasteiger partial charge in [-0.3, -0.25) is 4.79 Å². The number of aromatic nitrogens is 2. The molecule has 1 amide bonds. The van der Waals surface area contributed by atoms with Gasteiger partial charge in [-0.1, -0.05) is 37.7 Å². The topological polar surface area (TPSA) is 67.4 Å². The van der Waals surface area contributed by atoms with Gasteiger partial charge in [-0.15, -0.1) is 0 Å². The fourth-order valence-corrected chi connectivity index (χ4v) is 4.37. The SMILES string of the molecule is CCN(CC)c1cc(C(C)C)nc(SCc2cccc(C(=O)NCC3CCCO3)c2)n1. The minimum Gasteiger partial charge on any atom is -0.376 e. The van der Waals surface area contributed by atoms with Gasteiger partial charge in [0.15, 0.2) is 5.16 Å². The lowest BCUT2D eigenvalue weighted by Gasteiger charge is -2.21. The first kappa shape index (κ1) is 23.5. The fraction of sp³-hybridized carbons (Fsp3) is 0.542. The molecule has 1 aromatic heterocycles. The number of rotatable bonds is 10. The lowest BCUT2D eigenvalue weighted by Crippen LogP contribution is -2.31. The van der Waals surface area contributed by atoms with Crippen LogP contribution < -0.4 is 10.2 Å². The molecule has 6 nitrogen and oxygen atoms in total. The van der Waals surface area contributed by atoms with Crippen LogP contribution in [0, 0.1) is 0 Å². The van der Waals surface area contributed by atoms with Crippen molar-refractivity contribution >= 4 is 23.5 Å². The number of carbonyl (C=O) groups is 1. The van der Waals surface area contributed by atoms with Crippen molar-refractivity contribution in [1.82, 2.24) is 15.3 Å². The molecule has 0 aliphatic carbocycles. The third-order valence-corrected chi connectivity index (χ3v) is 6.38. The van der Waals surface area contributed by atoms with Crippen molar-refractivity contribution in [2.75, 3.05) is 31.1 Å². The molecule has 0 saturated carbocycles. The third kappa shape index (κ3) is 6.68. The largest absolute Gasteiger partial charge is 0.376 e. The number of anilines is 1. The summed E-state index contributed by atoms with van der Waals surface area (Å²) in [6.07, 6.45) is 2.23. The predicted molar refractivity (Wildman–Crippen MR) is 127 cm³/mol. The number of ether oxygens (including phenoxy) is 1. The highest BCUT2D eigenvalue weighted by Gasteiger charge is 2.17. The van der Waals surface area contributed by atoms with Gasteiger partial charge in [0, 0.05) is 49.3 Å². The Hall–Kier alpha value is -2.12. The molecule has 1 saturated heterocycles. The van der Waals surface area contributed by atoms with Crippen LogP contribution in [-0.2, 0) is 10.5 Å². The number of thioether (sulfide) groups is 1. The van der Waals surface area contributed by atoms with Crippen molar-refractivity contribution in [2.45, 2.75) is 63.5 Å². The Morgan fingerprint density at radius 2 is 2.06 bits per heavy atom. The van der Waals surface area contributed by atoms with Crippen molar-refractivity contribution in [3.05, 3.63) is 47.2 Å². The zero-order chi connectivity index (χ0) is 22.2. The van der Waals surface area contributed by atoms with E-state index >= 15 is 0 Å². The summed E-state index contributed by atoms with van der Waals surface area (Å²) >= 11 is 1.61. The highest BCUT2D eigenvalue weighted by molar-refractivity contribution is 7.98. The summed E-state index contributed by atoms with van der Waals surface area (Å²) in [7, 11) is 0. The van der Waals surface area contributed by atoms with Crippen molar-refractivity contribution in [2.24, 2.45) is 0 Å². The average molecular weight is 443 g/mol. The normalized spacial score (nSPS) is 16.0. The van der Waals surface area contributed by atoms with Crippen LogP contribution in [0.15, 0.2) is 35.5 Å². The average Bonchev–Trinajstić information content (AvgIpc) is 3.31. The third-order valence-electron chi connectivity index (χ3n) is 5.46. The van der Waals surface area contributed by atoms with E-state index in [4.69, 9.17) is 14.7 Å². The standard InChI is InChI=1S/C24H34N4O2S/c1-5-28(6-2)22-14-21(17(3)4)26-24(27-22)31-16-18-9-7-10-19(13-18)23(29)25-15-20-11-8-12-30-20/h7,9-10,13-14,17,20H,5-6,8,11-12,15-16H2,1-4H3,(H,25,29). The van der Waals surface area contributed by atoms with E-state index in [1.54, 1.807) is 11.8 Å². The molecule has 1 aliphatic heterocycles. The quantitative estimate of drug-likeness (QED) is 0.427. The smallest absolute Gasteiger partial charge is 0.251 e. The molecule has 1 aliphatic rings. The van der Waals surface area contributed by atoms with Crippen molar-refractivity contribution in [3.8, 4) is 0 Å². The summed E-state index contributed by atoms with van der Waals surface area (Å²) in [6.45, 7) is 11.8. The second-order valence-corrected chi connectivity index (χ2v) is 9.04. The monoisotopic (exact) mass is 442 g/mol. The summed E-state index contributed by atoms with van der Waals surface area (Å²) in [6, 6.07) is 9.88. The van der Waals surface area contributed by atoms with Gasteiger partial charge in [0.05, 0.1) is 6.10 Å². The van der Waals surface area contributed by atoms with E-state index in [0.717, 1.165) is 54.8 Å².